The number of aryl methyl sites for hydroxylation is 1. The van der Waals surface area contributed by atoms with Crippen molar-refractivity contribution in [3.63, 3.8) is 0 Å². The molecule has 0 spiro atoms. The molecule has 1 saturated heterocycles. The first kappa shape index (κ1) is 15.9. The van der Waals surface area contributed by atoms with Gasteiger partial charge in [-0.15, -0.1) is 0 Å². The first-order chi connectivity index (χ1) is 11.3. The van der Waals surface area contributed by atoms with E-state index in [9.17, 15) is 0 Å². The number of nitrogens with zero attached hydrogens (tertiary/aromatic N) is 1. The van der Waals surface area contributed by atoms with E-state index < -0.39 is 0 Å². The van der Waals surface area contributed by atoms with Gasteiger partial charge < -0.3 is 10.2 Å². The Balaban J connectivity index is 1.44. The third-order valence-electron chi connectivity index (χ3n) is 4.70. The Morgan fingerprint density at radius 3 is 2.57 bits per heavy atom. The van der Waals surface area contributed by atoms with Crippen LogP contribution in [-0.2, 0) is 6.42 Å². The normalized spacial score (nSPS) is 18.0. The minimum atomic E-state index is 0.819. The van der Waals surface area contributed by atoms with E-state index in [4.69, 9.17) is 0 Å². The van der Waals surface area contributed by atoms with Gasteiger partial charge in [0.2, 0.25) is 0 Å². The van der Waals surface area contributed by atoms with Gasteiger partial charge in [-0.05, 0) is 61.4 Å². The molecule has 2 nitrogen and oxygen atoms in total. The summed E-state index contributed by atoms with van der Waals surface area (Å²) in [6.45, 7) is 5.78. The highest BCUT2D eigenvalue weighted by atomic mass is 15.1. The molecule has 2 aromatic rings. The van der Waals surface area contributed by atoms with Crippen LogP contribution in [0.2, 0.25) is 0 Å². The van der Waals surface area contributed by atoms with Crippen molar-refractivity contribution in [2.24, 2.45) is 5.92 Å². The molecule has 3 rings (SSSR count). The van der Waals surface area contributed by atoms with E-state index in [0.717, 1.165) is 25.3 Å². The third-order valence-corrected chi connectivity index (χ3v) is 4.70. The average Bonchev–Trinajstić information content (AvgIpc) is 2.60. The SMILES string of the molecule is CC1CCCN(c2ccc(NCCCc3ccccc3)cc2)C1. The van der Waals surface area contributed by atoms with Crippen LogP contribution in [0.5, 0.6) is 0 Å². The Morgan fingerprint density at radius 2 is 1.83 bits per heavy atom. The number of hydrogen-bond donors (Lipinski definition) is 1. The Kier molecular flexibility index (Phi) is 5.57. The van der Waals surface area contributed by atoms with Crippen molar-refractivity contribution in [3.05, 3.63) is 60.2 Å². The monoisotopic (exact) mass is 308 g/mol. The zero-order chi connectivity index (χ0) is 15.9. The Hall–Kier alpha value is -1.96. The molecule has 2 aromatic carbocycles. The van der Waals surface area contributed by atoms with Gasteiger partial charge in [0.25, 0.3) is 0 Å². The Bertz CT molecular complexity index is 577. The van der Waals surface area contributed by atoms with Gasteiger partial charge in [0.1, 0.15) is 0 Å². The van der Waals surface area contributed by atoms with E-state index in [1.165, 1.54) is 42.9 Å². The minimum Gasteiger partial charge on any atom is -0.385 e. The lowest BCUT2D eigenvalue weighted by atomic mass is 10.00. The van der Waals surface area contributed by atoms with Crippen LogP contribution in [0.1, 0.15) is 31.7 Å². The smallest absolute Gasteiger partial charge is 0.0367 e. The molecule has 1 atom stereocenters. The van der Waals surface area contributed by atoms with Crippen LogP contribution < -0.4 is 10.2 Å². The lowest BCUT2D eigenvalue weighted by molar-refractivity contribution is 0.447. The number of benzene rings is 2. The van der Waals surface area contributed by atoms with E-state index in [0.29, 0.717) is 0 Å². The molecule has 0 saturated carbocycles. The van der Waals surface area contributed by atoms with Crippen molar-refractivity contribution in [3.8, 4) is 0 Å². The summed E-state index contributed by atoms with van der Waals surface area (Å²) in [5.74, 6) is 0.819. The maximum absolute atomic E-state index is 3.54. The predicted octanol–water partition coefficient (Wildman–Crippen LogP) is 4.97. The fourth-order valence-corrected chi connectivity index (χ4v) is 3.38. The van der Waals surface area contributed by atoms with Gasteiger partial charge in [0.05, 0.1) is 0 Å². The zero-order valence-corrected chi connectivity index (χ0v) is 14.2. The molecule has 0 aromatic heterocycles. The first-order valence-corrected chi connectivity index (χ1v) is 8.94. The molecule has 1 aliphatic heterocycles. The fraction of sp³-hybridized carbons (Fsp3) is 0.429. The molecule has 0 amide bonds. The topological polar surface area (TPSA) is 15.3 Å². The van der Waals surface area contributed by atoms with E-state index in [2.05, 4.69) is 71.7 Å². The molecule has 1 N–H and O–H groups in total. The highest BCUT2D eigenvalue weighted by molar-refractivity contribution is 5.55. The van der Waals surface area contributed by atoms with Crippen LogP contribution in [0.3, 0.4) is 0 Å². The fourth-order valence-electron chi connectivity index (χ4n) is 3.38. The molecule has 1 heterocycles. The second kappa shape index (κ2) is 8.05. The van der Waals surface area contributed by atoms with Crippen molar-refractivity contribution >= 4 is 11.4 Å². The summed E-state index contributed by atoms with van der Waals surface area (Å²) in [6, 6.07) is 19.7. The molecule has 0 bridgehead atoms. The van der Waals surface area contributed by atoms with Crippen LogP contribution in [0, 0.1) is 5.92 Å². The minimum absolute atomic E-state index is 0.819. The van der Waals surface area contributed by atoms with Crippen molar-refractivity contribution in [2.45, 2.75) is 32.6 Å². The molecular formula is C21H28N2. The van der Waals surface area contributed by atoms with E-state index in [1.54, 1.807) is 0 Å². The van der Waals surface area contributed by atoms with Gasteiger partial charge in [-0.1, -0.05) is 37.3 Å². The van der Waals surface area contributed by atoms with Crippen LogP contribution in [0.15, 0.2) is 54.6 Å². The summed E-state index contributed by atoms with van der Waals surface area (Å²) in [5, 5.41) is 3.54. The summed E-state index contributed by atoms with van der Waals surface area (Å²) in [7, 11) is 0. The Morgan fingerprint density at radius 1 is 1.04 bits per heavy atom. The molecule has 1 aliphatic rings. The van der Waals surface area contributed by atoms with Crippen LogP contribution in [0.25, 0.3) is 0 Å². The number of anilines is 2. The van der Waals surface area contributed by atoms with E-state index in [1.807, 2.05) is 0 Å². The first-order valence-electron chi connectivity index (χ1n) is 8.94. The second-order valence-electron chi connectivity index (χ2n) is 6.76. The number of rotatable bonds is 6. The van der Waals surface area contributed by atoms with Gasteiger partial charge in [-0.3, -0.25) is 0 Å². The largest absolute Gasteiger partial charge is 0.385 e. The molecule has 23 heavy (non-hydrogen) atoms. The highest BCUT2D eigenvalue weighted by Crippen LogP contribution is 2.24. The molecular weight excluding hydrogens is 280 g/mol. The lowest BCUT2D eigenvalue weighted by Crippen LogP contribution is -2.34. The second-order valence-corrected chi connectivity index (χ2v) is 6.76. The van der Waals surface area contributed by atoms with Gasteiger partial charge in [-0.2, -0.15) is 0 Å². The van der Waals surface area contributed by atoms with Crippen LogP contribution in [0.4, 0.5) is 11.4 Å². The maximum Gasteiger partial charge on any atom is 0.0367 e. The Labute approximate surface area is 140 Å². The lowest BCUT2D eigenvalue weighted by Gasteiger charge is -2.32. The van der Waals surface area contributed by atoms with Crippen LogP contribution >= 0.6 is 0 Å². The number of piperidine rings is 1. The summed E-state index contributed by atoms with van der Waals surface area (Å²) in [5.41, 5.74) is 4.02. The van der Waals surface area contributed by atoms with Gasteiger partial charge >= 0.3 is 0 Å². The molecule has 0 aliphatic carbocycles. The van der Waals surface area contributed by atoms with Crippen molar-refractivity contribution in [2.75, 3.05) is 29.9 Å². The number of nitrogens with one attached hydrogen (secondary N) is 1. The molecule has 2 heteroatoms. The summed E-state index contributed by atoms with van der Waals surface area (Å²) in [6.07, 6.45) is 4.99. The average molecular weight is 308 g/mol. The standard InChI is InChI=1S/C21H28N2/c1-18-7-6-16-23(17-18)21-13-11-20(12-14-21)22-15-5-10-19-8-3-2-4-9-19/h2-4,8-9,11-14,18,22H,5-7,10,15-17H2,1H3. The molecule has 1 fully saturated rings. The van der Waals surface area contributed by atoms with Crippen molar-refractivity contribution in [1.29, 1.82) is 0 Å². The third kappa shape index (κ3) is 4.75. The summed E-state index contributed by atoms with van der Waals surface area (Å²) >= 11 is 0. The molecule has 0 radical (unpaired) electrons. The highest BCUT2D eigenvalue weighted by Gasteiger charge is 2.16. The van der Waals surface area contributed by atoms with E-state index >= 15 is 0 Å². The van der Waals surface area contributed by atoms with Gasteiger partial charge in [0, 0.05) is 31.0 Å². The van der Waals surface area contributed by atoms with Crippen molar-refractivity contribution in [1.82, 2.24) is 0 Å². The molecule has 122 valence electrons. The summed E-state index contributed by atoms with van der Waals surface area (Å²) in [4.78, 5) is 2.52. The predicted molar refractivity (Wildman–Crippen MR) is 100 cm³/mol. The number of hydrogen-bond acceptors (Lipinski definition) is 2. The molecule has 1 unspecified atom stereocenters. The van der Waals surface area contributed by atoms with Crippen LogP contribution in [-0.4, -0.2) is 19.6 Å². The maximum atomic E-state index is 3.54. The van der Waals surface area contributed by atoms with Crippen molar-refractivity contribution < 1.29 is 0 Å². The summed E-state index contributed by atoms with van der Waals surface area (Å²) < 4.78 is 0. The quantitative estimate of drug-likeness (QED) is 0.758. The van der Waals surface area contributed by atoms with Gasteiger partial charge in [0.15, 0.2) is 0 Å². The zero-order valence-electron chi connectivity index (χ0n) is 14.2. The van der Waals surface area contributed by atoms with E-state index in [-0.39, 0.29) is 0 Å². The van der Waals surface area contributed by atoms with Gasteiger partial charge in [-0.25, -0.2) is 0 Å².